The molecule has 2 unspecified atom stereocenters. The Bertz CT molecular complexity index is 704. The van der Waals surface area contributed by atoms with Gasteiger partial charge in [0.25, 0.3) is 0 Å². The Balaban J connectivity index is 1.96. The van der Waals surface area contributed by atoms with Crippen LogP contribution in [-0.4, -0.2) is 24.2 Å². The minimum Gasteiger partial charge on any atom is -0.494 e. The van der Waals surface area contributed by atoms with Crippen LogP contribution in [0.15, 0.2) is 42.5 Å². The number of hydrogen-bond acceptors (Lipinski definition) is 3. The number of carbonyl (C=O) groups excluding carboxylic acids is 1. The molecule has 4 nitrogen and oxygen atoms in total. The summed E-state index contributed by atoms with van der Waals surface area (Å²) < 4.78 is 31.3. The van der Waals surface area contributed by atoms with Gasteiger partial charge in [0.2, 0.25) is 5.91 Å². The highest BCUT2D eigenvalue weighted by Gasteiger charge is 2.19. The lowest BCUT2D eigenvalue weighted by Crippen LogP contribution is -2.37. The summed E-state index contributed by atoms with van der Waals surface area (Å²) in [6, 6.07) is 9.12. The number of hydrogen-bond donors (Lipinski definition) is 2. The van der Waals surface area contributed by atoms with Crippen LogP contribution < -0.4 is 10.1 Å². The van der Waals surface area contributed by atoms with Gasteiger partial charge in [0.15, 0.2) is 11.6 Å². The minimum absolute atomic E-state index is 0.0264. The smallest absolute Gasteiger partial charge is 0.224 e. The molecule has 1 amide bonds. The lowest BCUT2D eigenvalue weighted by Gasteiger charge is -2.20. The van der Waals surface area contributed by atoms with Gasteiger partial charge >= 0.3 is 0 Å². The Morgan fingerprint density at radius 3 is 2.46 bits per heavy atom. The van der Waals surface area contributed by atoms with E-state index in [0.717, 1.165) is 0 Å². The van der Waals surface area contributed by atoms with Crippen molar-refractivity contribution in [2.45, 2.75) is 25.5 Å². The van der Waals surface area contributed by atoms with Crippen LogP contribution in [0.1, 0.15) is 24.2 Å². The highest BCUT2D eigenvalue weighted by atomic mass is 19.1. The van der Waals surface area contributed by atoms with E-state index in [2.05, 4.69) is 5.32 Å². The molecule has 0 aliphatic heterocycles. The maximum Gasteiger partial charge on any atom is 0.224 e. The van der Waals surface area contributed by atoms with Gasteiger partial charge in [-0.05, 0) is 42.3 Å². The topological polar surface area (TPSA) is 58.6 Å². The Hall–Kier alpha value is -2.47. The van der Waals surface area contributed by atoms with Crippen molar-refractivity contribution in [3.63, 3.8) is 0 Å². The first-order valence-electron chi connectivity index (χ1n) is 7.46. The number of aliphatic hydroxyl groups is 1. The molecule has 2 aromatic carbocycles. The lowest BCUT2D eigenvalue weighted by atomic mass is 10.0. The number of nitrogens with one attached hydrogen (secondary N) is 1. The van der Waals surface area contributed by atoms with Crippen LogP contribution in [0.5, 0.6) is 5.75 Å². The van der Waals surface area contributed by atoms with E-state index in [1.807, 2.05) is 0 Å². The van der Waals surface area contributed by atoms with Crippen LogP contribution in [-0.2, 0) is 11.2 Å². The van der Waals surface area contributed by atoms with Gasteiger partial charge in [-0.3, -0.25) is 4.79 Å². The Morgan fingerprint density at radius 1 is 1.21 bits per heavy atom. The van der Waals surface area contributed by atoms with Gasteiger partial charge in [0.05, 0.1) is 25.7 Å². The number of halogens is 2. The zero-order chi connectivity index (χ0) is 17.7. The fourth-order valence-electron chi connectivity index (χ4n) is 2.34. The number of aliphatic hydroxyl groups excluding tert-OH is 1. The number of benzene rings is 2. The SMILES string of the molecule is COc1ccc(CC(=O)NC(C)C(O)c2ccc(F)cc2)cc1F. The molecule has 2 rings (SSSR count). The third-order valence-electron chi connectivity index (χ3n) is 3.65. The average Bonchev–Trinajstić information content (AvgIpc) is 2.55. The molecule has 0 saturated heterocycles. The first kappa shape index (κ1) is 17.9. The fourth-order valence-corrected chi connectivity index (χ4v) is 2.34. The van der Waals surface area contributed by atoms with Gasteiger partial charge in [-0.1, -0.05) is 18.2 Å². The third kappa shape index (κ3) is 4.52. The van der Waals surface area contributed by atoms with Crippen LogP contribution in [0, 0.1) is 11.6 Å². The van der Waals surface area contributed by atoms with Crippen LogP contribution in [0.25, 0.3) is 0 Å². The molecule has 0 aromatic heterocycles. The van der Waals surface area contributed by atoms with Crippen LogP contribution in [0.4, 0.5) is 8.78 Å². The van der Waals surface area contributed by atoms with Gasteiger partial charge < -0.3 is 15.2 Å². The molecule has 0 aliphatic rings. The summed E-state index contributed by atoms with van der Waals surface area (Å²) in [7, 11) is 1.36. The zero-order valence-corrected chi connectivity index (χ0v) is 13.4. The Labute approximate surface area is 139 Å². The molecule has 128 valence electrons. The predicted molar refractivity (Wildman–Crippen MR) is 85.6 cm³/mol. The molecule has 0 heterocycles. The fraction of sp³-hybridized carbons (Fsp3) is 0.278. The van der Waals surface area contributed by atoms with E-state index in [-0.39, 0.29) is 18.1 Å². The molecule has 2 N–H and O–H groups in total. The van der Waals surface area contributed by atoms with Gasteiger partial charge in [-0.15, -0.1) is 0 Å². The summed E-state index contributed by atoms with van der Waals surface area (Å²) in [6.07, 6.45) is -0.997. The minimum atomic E-state index is -0.970. The van der Waals surface area contributed by atoms with Gasteiger partial charge in [-0.25, -0.2) is 8.78 Å². The molecule has 0 fully saturated rings. The van der Waals surface area contributed by atoms with Crippen molar-refractivity contribution < 1.29 is 23.4 Å². The highest BCUT2D eigenvalue weighted by Crippen LogP contribution is 2.19. The van der Waals surface area contributed by atoms with Crippen LogP contribution >= 0.6 is 0 Å². The molecule has 24 heavy (non-hydrogen) atoms. The van der Waals surface area contributed by atoms with Crippen molar-refractivity contribution >= 4 is 5.91 Å². The molecule has 6 heteroatoms. The molecule has 2 aromatic rings. The Morgan fingerprint density at radius 2 is 1.88 bits per heavy atom. The van der Waals surface area contributed by atoms with Gasteiger partial charge in [0, 0.05) is 0 Å². The summed E-state index contributed by atoms with van der Waals surface area (Å²) in [6.45, 7) is 1.64. The van der Waals surface area contributed by atoms with Crippen molar-refractivity contribution in [1.29, 1.82) is 0 Å². The van der Waals surface area contributed by atoms with Crippen molar-refractivity contribution in [3.05, 3.63) is 65.2 Å². The summed E-state index contributed by atoms with van der Waals surface area (Å²) in [4.78, 5) is 12.0. The number of ether oxygens (including phenoxy) is 1. The number of carbonyl (C=O) groups is 1. The summed E-state index contributed by atoms with van der Waals surface area (Å²) in [5.74, 6) is -1.18. The standard InChI is InChI=1S/C18H19F2NO3/c1-11(18(23)13-4-6-14(19)7-5-13)21-17(22)10-12-3-8-16(24-2)15(20)9-12/h3-9,11,18,23H,10H2,1-2H3,(H,21,22). The van der Waals surface area contributed by atoms with E-state index in [1.54, 1.807) is 13.0 Å². The monoisotopic (exact) mass is 335 g/mol. The molecular weight excluding hydrogens is 316 g/mol. The predicted octanol–water partition coefficient (Wildman–Crippen LogP) is 2.75. The molecule has 0 bridgehead atoms. The molecule has 0 spiro atoms. The average molecular weight is 335 g/mol. The molecular formula is C18H19F2NO3. The summed E-state index contributed by atoms with van der Waals surface area (Å²) in [5, 5.41) is 12.8. The van der Waals surface area contributed by atoms with Crippen LogP contribution in [0.2, 0.25) is 0 Å². The molecule has 0 saturated carbocycles. The third-order valence-corrected chi connectivity index (χ3v) is 3.65. The maximum absolute atomic E-state index is 13.6. The second kappa shape index (κ2) is 7.88. The second-order valence-electron chi connectivity index (χ2n) is 5.50. The van der Waals surface area contributed by atoms with E-state index in [1.165, 1.54) is 43.5 Å². The van der Waals surface area contributed by atoms with E-state index in [4.69, 9.17) is 4.74 Å². The summed E-state index contributed by atoms with van der Waals surface area (Å²) in [5.41, 5.74) is 0.994. The largest absolute Gasteiger partial charge is 0.494 e. The van der Waals surface area contributed by atoms with E-state index in [9.17, 15) is 18.7 Å². The second-order valence-corrected chi connectivity index (χ2v) is 5.50. The van der Waals surface area contributed by atoms with Crippen LogP contribution in [0.3, 0.4) is 0 Å². The molecule has 0 aliphatic carbocycles. The van der Waals surface area contributed by atoms with Crippen molar-refractivity contribution in [3.8, 4) is 5.75 Å². The van der Waals surface area contributed by atoms with Gasteiger partial charge in [-0.2, -0.15) is 0 Å². The molecule has 0 radical (unpaired) electrons. The maximum atomic E-state index is 13.6. The lowest BCUT2D eigenvalue weighted by molar-refractivity contribution is -0.121. The zero-order valence-electron chi connectivity index (χ0n) is 13.4. The number of methoxy groups -OCH3 is 1. The van der Waals surface area contributed by atoms with E-state index >= 15 is 0 Å². The number of amides is 1. The van der Waals surface area contributed by atoms with Gasteiger partial charge in [0.1, 0.15) is 5.82 Å². The Kier molecular flexibility index (Phi) is 5.87. The normalized spacial score (nSPS) is 13.2. The number of rotatable bonds is 6. The molecule has 2 atom stereocenters. The summed E-state index contributed by atoms with van der Waals surface area (Å²) >= 11 is 0. The quantitative estimate of drug-likeness (QED) is 0.853. The van der Waals surface area contributed by atoms with Crippen molar-refractivity contribution in [1.82, 2.24) is 5.32 Å². The van der Waals surface area contributed by atoms with E-state index < -0.39 is 23.8 Å². The van der Waals surface area contributed by atoms with E-state index in [0.29, 0.717) is 11.1 Å². The highest BCUT2D eigenvalue weighted by molar-refractivity contribution is 5.79. The van der Waals surface area contributed by atoms with Crippen molar-refractivity contribution in [2.24, 2.45) is 0 Å². The first-order chi connectivity index (χ1) is 11.4. The first-order valence-corrected chi connectivity index (χ1v) is 7.46. The van der Waals surface area contributed by atoms with Crippen molar-refractivity contribution in [2.75, 3.05) is 7.11 Å².